The molecule has 3 rings (SSSR count). The fourth-order valence-corrected chi connectivity index (χ4v) is 4.17. The molecule has 0 saturated carbocycles. The van der Waals surface area contributed by atoms with Crippen molar-refractivity contribution < 1.29 is 0 Å². The lowest BCUT2D eigenvalue weighted by molar-refractivity contribution is 0.416. The number of rotatable bonds is 10. The number of benzene rings is 2. The molecule has 4 heteroatoms. The molecule has 0 unspecified atom stereocenters. The Bertz CT molecular complexity index is 1070. The van der Waals surface area contributed by atoms with E-state index in [0.717, 1.165) is 59.4 Å². The van der Waals surface area contributed by atoms with Crippen molar-refractivity contribution in [2.24, 2.45) is 0 Å². The monoisotopic (exact) mass is 432 g/mol. The van der Waals surface area contributed by atoms with Crippen molar-refractivity contribution in [3.05, 3.63) is 59.9 Å². The molecule has 32 heavy (non-hydrogen) atoms. The van der Waals surface area contributed by atoms with Crippen molar-refractivity contribution in [3.8, 4) is 0 Å². The van der Waals surface area contributed by atoms with Crippen LogP contribution in [-0.4, -0.2) is 16.5 Å². The maximum atomic E-state index is 6.35. The van der Waals surface area contributed by atoms with Gasteiger partial charge in [0.05, 0.1) is 22.4 Å². The van der Waals surface area contributed by atoms with Crippen LogP contribution in [0.2, 0.25) is 0 Å². The minimum atomic E-state index is 0.0491. The Morgan fingerprint density at radius 2 is 1.56 bits per heavy atom. The highest BCUT2D eigenvalue weighted by atomic mass is 15.0. The molecule has 0 fully saturated rings. The molecule has 4 nitrogen and oxygen atoms in total. The van der Waals surface area contributed by atoms with Crippen molar-refractivity contribution >= 4 is 28.0 Å². The van der Waals surface area contributed by atoms with E-state index in [2.05, 4.69) is 82.7 Å². The summed E-state index contributed by atoms with van der Waals surface area (Å²) in [6.07, 6.45) is 4.35. The van der Waals surface area contributed by atoms with Gasteiger partial charge in [-0.3, -0.25) is 0 Å². The number of nitrogens with zero attached hydrogens (tertiary/aromatic N) is 1. The van der Waals surface area contributed by atoms with Crippen LogP contribution in [0.1, 0.15) is 84.2 Å². The van der Waals surface area contributed by atoms with E-state index in [1.54, 1.807) is 0 Å². The van der Waals surface area contributed by atoms with Crippen LogP contribution < -0.4 is 11.1 Å². The van der Waals surface area contributed by atoms with Gasteiger partial charge in [-0.1, -0.05) is 72.4 Å². The second-order valence-corrected chi connectivity index (χ2v) is 9.61. The number of aromatic amines is 1. The first-order valence-corrected chi connectivity index (χ1v) is 12.0. The molecule has 0 aliphatic rings. The summed E-state index contributed by atoms with van der Waals surface area (Å²) in [5.74, 6) is 1.03. The van der Waals surface area contributed by atoms with Gasteiger partial charge in [0.2, 0.25) is 0 Å². The highest BCUT2D eigenvalue weighted by Crippen LogP contribution is 2.33. The Hall–Kier alpha value is -2.75. The number of anilines is 2. The first-order valence-electron chi connectivity index (χ1n) is 12.0. The van der Waals surface area contributed by atoms with Crippen molar-refractivity contribution in [1.82, 2.24) is 9.97 Å². The molecular weight excluding hydrogens is 392 g/mol. The number of imidazole rings is 1. The Kier molecular flexibility index (Phi) is 7.02. The van der Waals surface area contributed by atoms with E-state index in [4.69, 9.17) is 10.7 Å². The third-order valence-corrected chi connectivity index (χ3v) is 7.83. The molecule has 1 heterocycles. The molecule has 2 aromatic carbocycles. The largest absolute Gasteiger partial charge is 0.397 e. The van der Waals surface area contributed by atoms with Gasteiger partial charge < -0.3 is 16.0 Å². The third-order valence-electron chi connectivity index (χ3n) is 7.83. The smallest absolute Gasteiger partial charge is 0.113 e. The average Bonchev–Trinajstić information content (AvgIpc) is 3.24. The summed E-state index contributed by atoms with van der Waals surface area (Å²) in [6, 6.07) is 12.9. The topological polar surface area (TPSA) is 66.7 Å². The van der Waals surface area contributed by atoms with Gasteiger partial charge in [0.25, 0.3) is 0 Å². The summed E-state index contributed by atoms with van der Waals surface area (Å²) in [5.41, 5.74) is 13.8. The molecule has 0 bridgehead atoms. The van der Waals surface area contributed by atoms with Crippen LogP contribution >= 0.6 is 0 Å². The summed E-state index contributed by atoms with van der Waals surface area (Å²) < 4.78 is 0. The Labute approximate surface area is 193 Å². The number of nitrogen functional groups attached to an aromatic ring is 1. The standard InChI is InChI=1S/C28H40N4/c1-8-27(6,9-2)21-14-12-20(13-15-21)19(5)18-30-23-17-25-24(16-22(23)29)31-26(32-25)28(7,10-3)11-4/h12-17,30H,5,8-11,18,29H2,1-4,6-7H3,(H,31,32). The molecule has 172 valence electrons. The van der Waals surface area contributed by atoms with Crippen molar-refractivity contribution in [2.75, 3.05) is 17.6 Å². The Morgan fingerprint density at radius 1 is 0.969 bits per heavy atom. The van der Waals surface area contributed by atoms with Gasteiger partial charge in [-0.2, -0.15) is 0 Å². The maximum Gasteiger partial charge on any atom is 0.113 e. The fraction of sp³-hybridized carbons (Fsp3) is 0.464. The molecule has 4 N–H and O–H groups in total. The van der Waals surface area contributed by atoms with Crippen LogP contribution in [0.15, 0.2) is 43.0 Å². The van der Waals surface area contributed by atoms with Crippen LogP contribution in [0.4, 0.5) is 11.4 Å². The maximum absolute atomic E-state index is 6.35. The summed E-state index contributed by atoms with van der Waals surface area (Å²) in [6.45, 7) is 18.5. The van der Waals surface area contributed by atoms with Gasteiger partial charge in [-0.25, -0.2) is 4.98 Å². The van der Waals surface area contributed by atoms with E-state index in [1.165, 1.54) is 5.56 Å². The van der Waals surface area contributed by atoms with E-state index >= 15 is 0 Å². The normalized spacial score (nSPS) is 12.3. The zero-order chi connectivity index (χ0) is 23.5. The summed E-state index contributed by atoms with van der Waals surface area (Å²) >= 11 is 0. The molecule has 1 aromatic heterocycles. The minimum Gasteiger partial charge on any atom is -0.397 e. The lowest BCUT2D eigenvalue weighted by Crippen LogP contribution is -2.21. The quantitative estimate of drug-likeness (QED) is 0.292. The predicted octanol–water partition coefficient (Wildman–Crippen LogP) is 7.43. The zero-order valence-electron chi connectivity index (χ0n) is 20.7. The number of hydrogen-bond acceptors (Lipinski definition) is 3. The molecule has 0 aliphatic heterocycles. The fourth-order valence-electron chi connectivity index (χ4n) is 4.17. The Morgan fingerprint density at radius 3 is 2.12 bits per heavy atom. The SMILES string of the molecule is C=C(CNc1cc2nc(C(C)(CC)CC)[nH]c2cc1N)c1ccc(C(C)(CC)CC)cc1. The number of H-pyrrole nitrogens is 1. The van der Waals surface area contributed by atoms with Gasteiger partial charge in [0.1, 0.15) is 5.82 Å². The lowest BCUT2D eigenvalue weighted by atomic mass is 9.77. The van der Waals surface area contributed by atoms with Gasteiger partial charge >= 0.3 is 0 Å². The number of fused-ring (bicyclic) bond motifs is 1. The number of aromatic nitrogens is 2. The average molecular weight is 433 g/mol. The first kappa shape index (κ1) is 23.9. The van der Waals surface area contributed by atoms with Crippen molar-refractivity contribution in [1.29, 1.82) is 0 Å². The molecule has 0 amide bonds. The van der Waals surface area contributed by atoms with E-state index in [9.17, 15) is 0 Å². The van der Waals surface area contributed by atoms with Gasteiger partial charge in [-0.05, 0) is 59.9 Å². The van der Waals surface area contributed by atoms with Gasteiger partial charge in [-0.15, -0.1) is 0 Å². The highest BCUT2D eigenvalue weighted by Gasteiger charge is 2.26. The molecule has 0 aliphatic carbocycles. The summed E-state index contributed by atoms with van der Waals surface area (Å²) in [7, 11) is 0. The number of nitrogens with two attached hydrogens (primary N) is 1. The molecule has 0 radical (unpaired) electrons. The van der Waals surface area contributed by atoms with Crippen LogP contribution in [0.5, 0.6) is 0 Å². The van der Waals surface area contributed by atoms with E-state index in [1.807, 2.05) is 12.1 Å². The Balaban J connectivity index is 1.75. The van der Waals surface area contributed by atoms with Gasteiger partial charge in [0, 0.05) is 12.0 Å². The van der Waals surface area contributed by atoms with Crippen molar-refractivity contribution in [2.45, 2.75) is 78.1 Å². The van der Waals surface area contributed by atoms with Crippen LogP contribution in [0, 0.1) is 0 Å². The van der Waals surface area contributed by atoms with Gasteiger partial charge in [0.15, 0.2) is 0 Å². The van der Waals surface area contributed by atoms with Crippen LogP contribution in [0.25, 0.3) is 16.6 Å². The molecule has 0 atom stereocenters. The zero-order valence-corrected chi connectivity index (χ0v) is 20.7. The second kappa shape index (κ2) is 9.40. The summed E-state index contributed by atoms with van der Waals surface area (Å²) in [4.78, 5) is 8.38. The van der Waals surface area contributed by atoms with Crippen LogP contribution in [-0.2, 0) is 10.8 Å². The predicted molar refractivity (Wildman–Crippen MR) is 140 cm³/mol. The first-order chi connectivity index (χ1) is 15.2. The van der Waals surface area contributed by atoms with E-state index in [0.29, 0.717) is 12.2 Å². The molecule has 0 spiro atoms. The second-order valence-electron chi connectivity index (χ2n) is 9.61. The minimum absolute atomic E-state index is 0.0491. The molecular formula is C28H40N4. The van der Waals surface area contributed by atoms with Crippen molar-refractivity contribution in [3.63, 3.8) is 0 Å². The number of nitrogens with one attached hydrogen (secondary N) is 2. The lowest BCUT2D eigenvalue weighted by Gasteiger charge is -2.27. The third kappa shape index (κ3) is 4.55. The van der Waals surface area contributed by atoms with E-state index in [-0.39, 0.29) is 10.8 Å². The molecule has 3 aromatic rings. The summed E-state index contributed by atoms with van der Waals surface area (Å²) in [5, 5.41) is 3.47. The van der Waals surface area contributed by atoms with E-state index < -0.39 is 0 Å². The van der Waals surface area contributed by atoms with Crippen LogP contribution in [0.3, 0.4) is 0 Å². The highest BCUT2D eigenvalue weighted by molar-refractivity contribution is 5.87. The molecule has 0 saturated heterocycles. The number of hydrogen-bond donors (Lipinski definition) is 3.